The minimum absolute atomic E-state index is 0.139. The number of carbonyl (C=O) groups excluding carboxylic acids is 1. The Balaban J connectivity index is 2.53. The molecule has 0 heterocycles. The first kappa shape index (κ1) is 14.3. The van der Waals surface area contributed by atoms with Crippen LogP contribution in [-0.2, 0) is 5.60 Å². The molecular formula is C17H24O2. The van der Waals surface area contributed by atoms with Gasteiger partial charge >= 0.3 is 0 Å². The number of aliphatic hydroxyl groups is 1. The highest BCUT2D eigenvalue weighted by atomic mass is 16.3. The third-order valence-electron chi connectivity index (χ3n) is 5.02. The summed E-state index contributed by atoms with van der Waals surface area (Å²) in [4.78, 5) is 10.9. The van der Waals surface area contributed by atoms with E-state index in [1.807, 2.05) is 25.1 Å². The third-order valence-corrected chi connectivity index (χ3v) is 5.02. The molecule has 1 aliphatic carbocycles. The molecule has 1 N–H and O–H groups in total. The highest BCUT2D eigenvalue weighted by Gasteiger charge is 2.50. The van der Waals surface area contributed by atoms with Gasteiger partial charge in [0.05, 0.1) is 5.60 Å². The Bertz CT molecular complexity index is 490. The second-order valence-corrected chi connectivity index (χ2v) is 6.63. The van der Waals surface area contributed by atoms with E-state index in [-0.39, 0.29) is 11.3 Å². The lowest BCUT2D eigenvalue weighted by Crippen LogP contribution is -2.49. The summed E-state index contributed by atoms with van der Waals surface area (Å²) >= 11 is 0. The number of hydrogen-bond acceptors (Lipinski definition) is 2. The fraction of sp³-hybridized carbons (Fsp3) is 0.588. The van der Waals surface area contributed by atoms with Gasteiger partial charge in [-0.2, -0.15) is 0 Å². The zero-order valence-corrected chi connectivity index (χ0v) is 12.4. The lowest BCUT2D eigenvalue weighted by molar-refractivity contribution is -0.140. The van der Waals surface area contributed by atoms with Gasteiger partial charge in [-0.3, -0.25) is 4.79 Å². The van der Waals surface area contributed by atoms with Crippen LogP contribution >= 0.6 is 0 Å². The van der Waals surface area contributed by atoms with E-state index in [4.69, 9.17) is 0 Å². The van der Waals surface area contributed by atoms with Crippen LogP contribution < -0.4 is 0 Å². The molecule has 0 aliphatic heterocycles. The zero-order chi connectivity index (χ0) is 14.3. The van der Waals surface area contributed by atoms with Crippen molar-refractivity contribution in [1.82, 2.24) is 0 Å². The molecule has 0 unspecified atom stereocenters. The van der Waals surface area contributed by atoms with Gasteiger partial charge in [-0.1, -0.05) is 45.4 Å². The summed E-state index contributed by atoms with van der Waals surface area (Å²) in [5.74, 6) is 0.234. The largest absolute Gasteiger partial charge is 0.384 e. The average Bonchev–Trinajstić information content (AvgIpc) is 2.35. The molecule has 2 nitrogen and oxygen atoms in total. The maximum atomic E-state index is 11.3. The zero-order valence-electron chi connectivity index (χ0n) is 12.4. The summed E-state index contributed by atoms with van der Waals surface area (Å²) in [5.41, 5.74) is 1.65. The van der Waals surface area contributed by atoms with Crippen LogP contribution in [0, 0.1) is 18.3 Å². The molecule has 104 valence electrons. The number of aryl methyl sites for hydroxylation is 1. The first-order valence-electron chi connectivity index (χ1n) is 7.11. The minimum atomic E-state index is -0.808. The van der Waals surface area contributed by atoms with Crippen LogP contribution in [0.3, 0.4) is 0 Å². The van der Waals surface area contributed by atoms with Crippen molar-refractivity contribution in [2.45, 2.75) is 52.6 Å². The lowest BCUT2D eigenvalue weighted by Gasteiger charge is -2.51. The smallest absolute Gasteiger partial charge is 0.150 e. The Labute approximate surface area is 115 Å². The highest BCUT2D eigenvalue weighted by Crippen LogP contribution is 2.53. The van der Waals surface area contributed by atoms with Crippen LogP contribution in [0.1, 0.15) is 61.5 Å². The topological polar surface area (TPSA) is 37.3 Å². The Hall–Kier alpha value is -1.15. The van der Waals surface area contributed by atoms with Gasteiger partial charge in [0.1, 0.15) is 6.29 Å². The van der Waals surface area contributed by atoms with Crippen molar-refractivity contribution in [2.24, 2.45) is 11.3 Å². The van der Waals surface area contributed by atoms with E-state index in [0.29, 0.717) is 5.56 Å². The second kappa shape index (κ2) is 4.75. The van der Waals surface area contributed by atoms with E-state index in [1.165, 1.54) is 6.42 Å². The number of hydrogen-bond donors (Lipinski definition) is 1. The Kier molecular flexibility index (Phi) is 3.57. The maximum Gasteiger partial charge on any atom is 0.150 e. The summed E-state index contributed by atoms with van der Waals surface area (Å²) in [7, 11) is 0. The standard InChI is InChI=1S/C17H24O2/c1-12-10-15(8-7-14(12)11-18)17(19)13(2)6-5-9-16(17,3)4/h7-8,10-11,13,19H,5-6,9H2,1-4H3/t13-,17+/m1/s1. The van der Waals surface area contributed by atoms with E-state index >= 15 is 0 Å². The molecule has 0 aromatic heterocycles. The Morgan fingerprint density at radius 1 is 1.37 bits per heavy atom. The fourth-order valence-electron chi connectivity index (χ4n) is 3.64. The number of rotatable bonds is 2. The van der Waals surface area contributed by atoms with Crippen molar-refractivity contribution in [3.8, 4) is 0 Å². The van der Waals surface area contributed by atoms with Gasteiger partial charge in [0, 0.05) is 5.56 Å². The average molecular weight is 260 g/mol. The molecule has 2 atom stereocenters. The number of benzene rings is 1. The molecule has 0 bridgehead atoms. The van der Waals surface area contributed by atoms with Crippen LogP contribution in [0.15, 0.2) is 18.2 Å². The first-order chi connectivity index (χ1) is 8.83. The SMILES string of the molecule is Cc1cc([C@@]2(O)[C@H](C)CCCC2(C)C)ccc1C=O. The molecule has 19 heavy (non-hydrogen) atoms. The Morgan fingerprint density at radius 3 is 2.58 bits per heavy atom. The molecule has 1 fully saturated rings. The predicted octanol–water partition coefficient (Wildman–Crippen LogP) is 3.84. The quantitative estimate of drug-likeness (QED) is 0.820. The van der Waals surface area contributed by atoms with Gasteiger partial charge in [-0.15, -0.1) is 0 Å². The van der Waals surface area contributed by atoms with Crippen LogP contribution in [0.2, 0.25) is 0 Å². The van der Waals surface area contributed by atoms with E-state index in [9.17, 15) is 9.90 Å². The minimum Gasteiger partial charge on any atom is -0.384 e. The van der Waals surface area contributed by atoms with E-state index in [2.05, 4.69) is 20.8 Å². The summed E-state index contributed by atoms with van der Waals surface area (Å²) in [6.45, 7) is 8.35. The van der Waals surface area contributed by atoms with Crippen molar-refractivity contribution >= 4 is 6.29 Å². The second-order valence-electron chi connectivity index (χ2n) is 6.63. The fourth-order valence-corrected chi connectivity index (χ4v) is 3.64. The predicted molar refractivity (Wildman–Crippen MR) is 77.3 cm³/mol. The maximum absolute atomic E-state index is 11.3. The van der Waals surface area contributed by atoms with Gasteiger partial charge in [-0.25, -0.2) is 0 Å². The summed E-state index contributed by atoms with van der Waals surface area (Å²) < 4.78 is 0. The first-order valence-corrected chi connectivity index (χ1v) is 7.11. The molecule has 0 spiro atoms. The number of carbonyl (C=O) groups is 1. The van der Waals surface area contributed by atoms with E-state index in [0.717, 1.165) is 30.3 Å². The van der Waals surface area contributed by atoms with E-state index < -0.39 is 5.60 Å². The van der Waals surface area contributed by atoms with Crippen molar-refractivity contribution in [2.75, 3.05) is 0 Å². The van der Waals surface area contributed by atoms with Crippen LogP contribution in [-0.4, -0.2) is 11.4 Å². The molecule has 2 rings (SSSR count). The molecule has 2 heteroatoms. The van der Waals surface area contributed by atoms with Gasteiger partial charge in [0.25, 0.3) is 0 Å². The molecule has 1 aliphatic rings. The van der Waals surface area contributed by atoms with Crippen LogP contribution in [0.25, 0.3) is 0 Å². The summed E-state index contributed by atoms with van der Waals surface area (Å²) in [5, 5.41) is 11.3. The Morgan fingerprint density at radius 2 is 2.05 bits per heavy atom. The molecular weight excluding hydrogens is 236 g/mol. The van der Waals surface area contributed by atoms with Crippen molar-refractivity contribution in [3.63, 3.8) is 0 Å². The van der Waals surface area contributed by atoms with Crippen molar-refractivity contribution in [3.05, 3.63) is 34.9 Å². The van der Waals surface area contributed by atoms with Crippen molar-refractivity contribution < 1.29 is 9.90 Å². The van der Waals surface area contributed by atoms with Crippen LogP contribution in [0.4, 0.5) is 0 Å². The van der Waals surface area contributed by atoms with Gasteiger partial charge in [-0.05, 0) is 42.2 Å². The van der Waals surface area contributed by atoms with Crippen molar-refractivity contribution in [1.29, 1.82) is 0 Å². The highest BCUT2D eigenvalue weighted by molar-refractivity contribution is 5.77. The van der Waals surface area contributed by atoms with Crippen LogP contribution in [0.5, 0.6) is 0 Å². The molecule has 1 saturated carbocycles. The number of aldehydes is 1. The molecule has 0 amide bonds. The molecule has 0 saturated heterocycles. The van der Waals surface area contributed by atoms with Gasteiger partial charge in [0.15, 0.2) is 0 Å². The summed E-state index contributed by atoms with van der Waals surface area (Å²) in [6.07, 6.45) is 4.12. The third kappa shape index (κ3) is 2.12. The monoisotopic (exact) mass is 260 g/mol. The molecule has 1 aromatic carbocycles. The lowest BCUT2D eigenvalue weighted by atomic mass is 9.58. The van der Waals surface area contributed by atoms with E-state index in [1.54, 1.807) is 0 Å². The normalized spacial score (nSPS) is 30.1. The molecule has 0 radical (unpaired) electrons. The summed E-state index contributed by atoms with van der Waals surface area (Å²) in [6, 6.07) is 5.72. The molecule has 1 aromatic rings. The van der Waals surface area contributed by atoms with Gasteiger partial charge in [0.2, 0.25) is 0 Å². The van der Waals surface area contributed by atoms with Gasteiger partial charge < -0.3 is 5.11 Å².